The molecule has 0 radical (unpaired) electrons. The van der Waals surface area contributed by atoms with Crippen LogP contribution >= 0.6 is 0 Å². The second kappa shape index (κ2) is 8.61. The first-order valence-electron chi connectivity index (χ1n) is 9.86. The van der Waals surface area contributed by atoms with E-state index in [1.54, 1.807) is 23.1 Å². The maximum absolute atomic E-state index is 13.8. The number of anilines is 2. The van der Waals surface area contributed by atoms with Crippen LogP contribution in [0.3, 0.4) is 0 Å². The van der Waals surface area contributed by atoms with Crippen molar-refractivity contribution in [2.24, 2.45) is 5.92 Å². The summed E-state index contributed by atoms with van der Waals surface area (Å²) in [7, 11) is 0. The number of carbonyl (C=O) groups is 2. The van der Waals surface area contributed by atoms with Gasteiger partial charge in [0, 0.05) is 38.2 Å². The first-order valence-corrected chi connectivity index (χ1v) is 9.86. The van der Waals surface area contributed by atoms with E-state index >= 15 is 0 Å². The number of benzene rings is 2. The summed E-state index contributed by atoms with van der Waals surface area (Å²) >= 11 is 0. The molecule has 1 unspecified atom stereocenters. The highest BCUT2D eigenvalue weighted by Gasteiger charge is 2.36. The first kappa shape index (κ1) is 19.4. The standard InChI is InChI=1S/C22H24FN3O3/c23-18-6-2-1-5-16(18)14-24-22(28)17-13-21(27)26(15-17)20-8-4-3-7-19(20)25-9-11-29-12-10-25/h1-8,17H,9-15H2,(H,24,28). The van der Waals surface area contributed by atoms with Gasteiger partial charge in [0.25, 0.3) is 0 Å². The zero-order valence-corrected chi connectivity index (χ0v) is 16.1. The van der Waals surface area contributed by atoms with Crippen molar-refractivity contribution in [3.8, 4) is 0 Å². The minimum atomic E-state index is -0.452. The molecule has 0 aliphatic carbocycles. The molecule has 152 valence electrons. The molecule has 7 heteroatoms. The number of morpholine rings is 1. The molecule has 2 aromatic carbocycles. The number of para-hydroxylation sites is 2. The average Bonchev–Trinajstić information content (AvgIpc) is 3.15. The lowest BCUT2D eigenvalue weighted by atomic mass is 10.1. The maximum atomic E-state index is 13.8. The summed E-state index contributed by atoms with van der Waals surface area (Å²) in [6, 6.07) is 14.1. The summed E-state index contributed by atoms with van der Waals surface area (Å²) in [5.74, 6) is -1.10. The Labute approximate surface area is 169 Å². The van der Waals surface area contributed by atoms with Crippen LogP contribution in [-0.2, 0) is 20.9 Å². The third kappa shape index (κ3) is 4.24. The number of nitrogens with one attached hydrogen (secondary N) is 1. The molecule has 4 rings (SSSR count). The summed E-state index contributed by atoms with van der Waals surface area (Å²) in [4.78, 5) is 29.2. The van der Waals surface area contributed by atoms with Gasteiger partial charge in [0.15, 0.2) is 0 Å². The molecule has 0 saturated carbocycles. The highest BCUT2D eigenvalue weighted by Crippen LogP contribution is 2.34. The molecule has 29 heavy (non-hydrogen) atoms. The molecular formula is C22H24FN3O3. The molecule has 0 aromatic heterocycles. The number of carbonyl (C=O) groups excluding carboxylic acids is 2. The van der Waals surface area contributed by atoms with E-state index in [0.29, 0.717) is 25.3 Å². The summed E-state index contributed by atoms with van der Waals surface area (Å²) in [5.41, 5.74) is 2.24. The minimum Gasteiger partial charge on any atom is -0.378 e. The summed E-state index contributed by atoms with van der Waals surface area (Å²) < 4.78 is 19.2. The zero-order valence-electron chi connectivity index (χ0n) is 16.1. The second-order valence-corrected chi connectivity index (χ2v) is 7.30. The summed E-state index contributed by atoms with van der Waals surface area (Å²) in [6.07, 6.45) is 0.153. The Morgan fingerprint density at radius 1 is 1.07 bits per heavy atom. The van der Waals surface area contributed by atoms with Crippen molar-refractivity contribution in [2.45, 2.75) is 13.0 Å². The fourth-order valence-electron chi connectivity index (χ4n) is 3.85. The van der Waals surface area contributed by atoms with Crippen LogP contribution in [0.15, 0.2) is 48.5 Å². The Morgan fingerprint density at radius 3 is 2.52 bits per heavy atom. The monoisotopic (exact) mass is 397 g/mol. The van der Waals surface area contributed by atoms with Crippen LogP contribution in [0.5, 0.6) is 0 Å². The predicted octanol–water partition coefficient (Wildman–Crippen LogP) is 2.33. The lowest BCUT2D eigenvalue weighted by Gasteiger charge is -2.32. The summed E-state index contributed by atoms with van der Waals surface area (Å²) in [5, 5.41) is 2.77. The lowest BCUT2D eigenvalue weighted by Crippen LogP contribution is -2.38. The number of ether oxygens (including phenoxy) is 1. The van der Waals surface area contributed by atoms with E-state index in [4.69, 9.17) is 4.74 Å². The van der Waals surface area contributed by atoms with E-state index in [9.17, 15) is 14.0 Å². The van der Waals surface area contributed by atoms with Crippen molar-refractivity contribution in [2.75, 3.05) is 42.6 Å². The van der Waals surface area contributed by atoms with Crippen molar-refractivity contribution in [3.63, 3.8) is 0 Å². The lowest BCUT2D eigenvalue weighted by molar-refractivity contribution is -0.126. The fraction of sp³-hybridized carbons (Fsp3) is 0.364. The van der Waals surface area contributed by atoms with E-state index in [1.165, 1.54) is 6.07 Å². The Bertz CT molecular complexity index is 898. The van der Waals surface area contributed by atoms with Crippen molar-refractivity contribution >= 4 is 23.2 Å². The highest BCUT2D eigenvalue weighted by molar-refractivity contribution is 6.02. The highest BCUT2D eigenvalue weighted by atomic mass is 19.1. The molecule has 2 aromatic rings. The third-order valence-corrected chi connectivity index (χ3v) is 5.43. The van der Waals surface area contributed by atoms with Gasteiger partial charge >= 0.3 is 0 Å². The van der Waals surface area contributed by atoms with Gasteiger partial charge in [-0.1, -0.05) is 30.3 Å². The van der Waals surface area contributed by atoms with Crippen molar-refractivity contribution in [1.82, 2.24) is 5.32 Å². The normalized spacial score (nSPS) is 19.5. The summed E-state index contributed by atoms with van der Waals surface area (Å²) in [6.45, 7) is 3.29. The number of amides is 2. The molecule has 1 N–H and O–H groups in total. The van der Waals surface area contributed by atoms with Gasteiger partial charge in [-0.3, -0.25) is 9.59 Å². The van der Waals surface area contributed by atoms with E-state index in [0.717, 1.165) is 24.5 Å². The maximum Gasteiger partial charge on any atom is 0.227 e. The first-order chi connectivity index (χ1) is 14.1. The van der Waals surface area contributed by atoms with Crippen LogP contribution in [0.2, 0.25) is 0 Å². The van der Waals surface area contributed by atoms with Crippen LogP contribution in [0.4, 0.5) is 15.8 Å². The van der Waals surface area contributed by atoms with Gasteiger partial charge in [-0.2, -0.15) is 0 Å². The van der Waals surface area contributed by atoms with Crippen LogP contribution in [-0.4, -0.2) is 44.7 Å². The quantitative estimate of drug-likeness (QED) is 0.841. The van der Waals surface area contributed by atoms with Gasteiger partial charge < -0.3 is 19.9 Å². The van der Waals surface area contributed by atoms with Gasteiger partial charge in [-0.05, 0) is 18.2 Å². The number of hydrogen-bond donors (Lipinski definition) is 1. The molecular weight excluding hydrogens is 373 g/mol. The Morgan fingerprint density at radius 2 is 1.76 bits per heavy atom. The minimum absolute atomic E-state index is 0.0725. The van der Waals surface area contributed by atoms with E-state index in [-0.39, 0.29) is 30.6 Å². The number of nitrogens with zero attached hydrogens (tertiary/aromatic N) is 2. The molecule has 2 heterocycles. The number of hydrogen-bond acceptors (Lipinski definition) is 4. The van der Waals surface area contributed by atoms with Crippen molar-refractivity contribution in [3.05, 3.63) is 59.9 Å². The molecule has 2 aliphatic heterocycles. The zero-order chi connectivity index (χ0) is 20.2. The smallest absolute Gasteiger partial charge is 0.227 e. The number of rotatable bonds is 5. The van der Waals surface area contributed by atoms with E-state index < -0.39 is 5.92 Å². The van der Waals surface area contributed by atoms with Crippen LogP contribution in [0, 0.1) is 11.7 Å². The van der Waals surface area contributed by atoms with Gasteiger partial charge in [-0.25, -0.2) is 4.39 Å². The van der Waals surface area contributed by atoms with Crippen LogP contribution < -0.4 is 15.1 Å². The van der Waals surface area contributed by atoms with Gasteiger partial charge in [0.2, 0.25) is 11.8 Å². The van der Waals surface area contributed by atoms with Gasteiger partial charge in [0.05, 0.1) is 30.5 Å². The SMILES string of the molecule is O=C(NCc1ccccc1F)C1CC(=O)N(c2ccccc2N2CCOCC2)C1. The molecule has 2 aliphatic rings. The Balaban J connectivity index is 1.44. The van der Waals surface area contributed by atoms with Crippen molar-refractivity contribution < 1.29 is 18.7 Å². The molecule has 2 fully saturated rings. The van der Waals surface area contributed by atoms with Gasteiger partial charge in [-0.15, -0.1) is 0 Å². The molecule has 2 amide bonds. The molecule has 0 spiro atoms. The Kier molecular flexibility index (Phi) is 5.76. The largest absolute Gasteiger partial charge is 0.378 e. The van der Waals surface area contributed by atoms with Crippen LogP contribution in [0.25, 0.3) is 0 Å². The molecule has 1 atom stereocenters. The average molecular weight is 397 g/mol. The third-order valence-electron chi connectivity index (χ3n) is 5.43. The predicted molar refractivity (Wildman–Crippen MR) is 108 cm³/mol. The Hall–Kier alpha value is -2.93. The number of halogens is 1. The van der Waals surface area contributed by atoms with E-state index in [1.807, 2.05) is 24.3 Å². The van der Waals surface area contributed by atoms with Crippen LogP contribution in [0.1, 0.15) is 12.0 Å². The van der Waals surface area contributed by atoms with E-state index in [2.05, 4.69) is 10.2 Å². The molecule has 6 nitrogen and oxygen atoms in total. The second-order valence-electron chi connectivity index (χ2n) is 7.30. The topological polar surface area (TPSA) is 61.9 Å². The van der Waals surface area contributed by atoms with Crippen molar-refractivity contribution in [1.29, 1.82) is 0 Å². The van der Waals surface area contributed by atoms with Gasteiger partial charge in [0.1, 0.15) is 5.82 Å². The molecule has 2 saturated heterocycles. The fourth-order valence-corrected chi connectivity index (χ4v) is 3.85. The molecule has 0 bridgehead atoms.